The third-order valence-corrected chi connectivity index (χ3v) is 4.35. The Morgan fingerprint density at radius 2 is 2.23 bits per heavy atom. The fourth-order valence-electron chi connectivity index (χ4n) is 2.69. The van der Waals surface area contributed by atoms with Crippen LogP contribution < -0.4 is 5.73 Å². The summed E-state index contributed by atoms with van der Waals surface area (Å²) in [6.45, 7) is 0. The average Bonchev–Trinajstić information content (AvgIpc) is 2.57. The van der Waals surface area contributed by atoms with E-state index in [2.05, 4.69) is 34.1 Å². The zero-order chi connectivity index (χ0) is 9.05. The molecule has 1 nitrogen and oxygen atoms in total. The molecule has 2 heteroatoms. The molecule has 2 aliphatic rings. The second-order valence-electron chi connectivity index (χ2n) is 4.23. The van der Waals surface area contributed by atoms with Crippen LogP contribution in [0.3, 0.4) is 0 Å². The highest BCUT2D eigenvalue weighted by Crippen LogP contribution is 2.56. The largest absolute Gasteiger partial charge is 0.327 e. The first-order valence-electron chi connectivity index (χ1n) is 4.77. The highest BCUT2D eigenvalue weighted by Gasteiger charge is 2.56. The Kier molecular flexibility index (Phi) is 1.46. The SMILES string of the molecule is N[C@@H]1C[C@]12CCc1c(Br)cccc12. The lowest BCUT2D eigenvalue weighted by molar-refractivity contribution is 0.651. The molecule has 0 aromatic heterocycles. The zero-order valence-corrected chi connectivity index (χ0v) is 8.97. The van der Waals surface area contributed by atoms with E-state index in [-0.39, 0.29) is 0 Å². The predicted octanol–water partition coefficient (Wildman–Crippen LogP) is 2.36. The minimum atomic E-state index is 0.374. The summed E-state index contributed by atoms with van der Waals surface area (Å²) in [6, 6.07) is 6.93. The van der Waals surface area contributed by atoms with E-state index >= 15 is 0 Å². The Bertz CT molecular complexity index is 374. The van der Waals surface area contributed by atoms with E-state index in [0.29, 0.717) is 11.5 Å². The normalized spacial score (nSPS) is 35.1. The Balaban J connectivity index is 2.18. The van der Waals surface area contributed by atoms with Gasteiger partial charge in [0, 0.05) is 15.9 Å². The van der Waals surface area contributed by atoms with E-state index in [4.69, 9.17) is 5.73 Å². The van der Waals surface area contributed by atoms with E-state index < -0.39 is 0 Å². The summed E-state index contributed by atoms with van der Waals surface area (Å²) in [5, 5.41) is 0. The van der Waals surface area contributed by atoms with E-state index in [0.717, 1.165) is 0 Å². The van der Waals surface area contributed by atoms with Gasteiger partial charge in [0.1, 0.15) is 0 Å². The van der Waals surface area contributed by atoms with Gasteiger partial charge in [-0.1, -0.05) is 28.1 Å². The van der Waals surface area contributed by atoms with Gasteiger partial charge < -0.3 is 5.73 Å². The smallest absolute Gasteiger partial charge is 0.0210 e. The number of halogens is 1. The van der Waals surface area contributed by atoms with Gasteiger partial charge in [-0.25, -0.2) is 0 Å². The van der Waals surface area contributed by atoms with E-state index in [1.807, 2.05) is 0 Å². The maximum absolute atomic E-state index is 6.01. The molecular weight excluding hydrogens is 226 g/mol. The summed E-state index contributed by atoms with van der Waals surface area (Å²) in [7, 11) is 0. The molecule has 0 radical (unpaired) electrons. The molecule has 2 aliphatic carbocycles. The van der Waals surface area contributed by atoms with Crippen molar-refractivity contribution >= 4 is 15.9 Å². The summed E-state index contributed by atoms with van der Waals surface area (Å²) in [5.41, 5.74) is 9.39. The first kappa shape index (κ1) is 8.01. The van der Waals surface area contributed by atoms with Gasteiger partial charge in [0.05, 0.1) is 0 Å². The summed E-state index contributed by atoms with van der Waals surface area (Å²) >= 11 is 3.61. The molecule has 0 amide bonds. The third-order valence-electron chi connectivity index (χ3n) is 3.61. The van der Waals surface area contributed by atoms with Gasteiger partial charge in [0.2, 0.25) is 0 Å². The second-order valence-corrected chi connectivity index (χ2v) is 5.09. The number of rotatable bonds is 0. The van der Waals surface area contributed by atoms with Gasteiger partial charge in [-0.15, -0.1) is 0 Å². The van der Waals surface area contributed by atoms with Gasteiger partial charge in [0.25, 0.3) is 0 Å². The maximum atomic E-state index is 6.01. The molecule has 1 saturated carbocycles. The number of nitrogens with two attached hydrogens (primary N) is 1. The van der Waals surface area contributed by atoms with Crippen LogP contribution >= 0.6 is 15.9 Å². The van der Waals surface area contributed by atoms with Crippen molar-refractivity contribution in [1.29, 1.82) is 0 Å². The number of fused-ring (bicyclic) bond motifs is 2. The highest BCUT2D eigenvalue weighted by molar-refractivity contribution is 9.10. The molecule has 1 fully saturated rings. The summed E-state index contributed by atoms with van der Waals surface area (Å²) in [4.78, 5) is 0. The van der Waals surface area contributed by atoms with Gasteiger partial charge in [-0.3, -0.25) is 0 Å². The lowest BCUT2D eigenvalue weighted by Crippen LogP contribution is -2.14. The van der Waals surface area contributed by atoms with Gasteiger partial charge >= 0.3 is 0 Å². The zero-order valence-electron chi connectivity index (χ0n) is 7.39. The minimum Gasteiger partial charge on any atom is -0.327 e. The van der Waals surface area contributed by atoms with Gasteiger partial charge in [-0.2, -0.15) is 0 Å². The molecule has 68 valence electrons. The van der Waals surface area contributed by atoms with Gasteiger partial charge in [-0.05, 0) is 36.5 Å². The van der Waals surface area contributed by atoms with Crippen LogP contribution in [0.4, 0.5) is 0 Å². The molecule has 13 heavy (non-hydrogen) atoms. The van der Waals surface area contributed by atoms with Crippen LogP contribution in [0.2, 0.25) is 0 Å². The lowest BCUT2D eigenvalue weighted by Gasteiger charge is -2.09. The van der Waals surface area contributed by atoms with Crippen LogP contribution in [-0.2, 0) is 11.8 Å². The van der Waals surface area contributed by atoms with Crippen molar-refractivity contribution in [2.75, 3.05) is 0 Å². The average molecular weight is 238 g/mol. The van der Waals surface area contributed by atoms with E-state index in [1.54, 1.807) is 0 Å². The number of hydrogen-bond acceptors (Lipinski definition) is 1. The Hall–Kier alpha value is -0.340. The Labute approximate surface area is 86.5 Å². The van der Waals surface area contributed by atoms with Crippen LogP contribution in [0.1, 0.15) is 24.0 Å². The summed E-state index contributed by atoms with van der Waals surface area (Å²) in [5.74, 6) is 0. The van der Waals surface area contributed by atoms with Crippen molar-refractivity contribution in [3.8, 4) is 0 Å². The summed E-state index contributed by atoms with van der Waals surface area (Å²) < 4.78 is 1.26. The molecule has 0 unspecified atom stereocenters. The molecule has 3 rings (SSSR count). The van der Waals surface area contributed by atoms with Crippen molar-refractivity contribution in [3.63, 3.8) is 0 Å². The Morgan fingerprint density at radius 1 is 1.46 bits per heavy atom. The molecule has 1 spiro atoms. The molecule has 0 aliphatic heterocycles. The second kappa shape index (κ2) is 2.37. The van der Waals surface area contributed by atoms with Gasteiger partial charge in [0.15, 0.2) is 0 Å². The van der Waals surface area contributed by atoms with Crippen LogP contribution in [0, 0.1) is 0 Å². The van der Waals surface area contributed by atoms with Crippen molar-refractivity contribution < 1.29 is 0 Å². The lowest BCUT2D eigenvalue weighted by atomic mass is 9.98. The monoisotopic (exact) mass is 237 g/mol. The third kappa shape index (κ3) is 0.906. The van der Waals surface area contributed by atoms with E-state index in [9.17, 15) is 0 Å². The number of benzene rings is 1. The fraction of sp³-hybridized carbons (Fsp3) is 0.455. The van der Waals surface area contributed by atoms with E-state index in [1.165, 1.54) is 34.9 Å². The Morgan fingerprint density at radius 3 is 2.92 bits per heavy atom. The topological polar surface area (TPSA) is 26.0 Å². The minimum absolute atomic E-state index is 0.374. The molecule has 2 N–H and O–H groups in total. The molecule has 0 bridgehead atoms. The van der Waals surface area contributed by atoms with Crippen LogP contribution in [0.5, 0.6) is 0 Å². The molecule has 0 heterocycles. The molecule has 2 atom stereocenters. The van der Waals surface area contributed by atoms with Crippen molar-refractivity contribution in [2.24, 2.45) is 5.73 Å². The quantitative estimate of drug-likeness (QED) is 0.737. The van der Waals surface area contributed by atoms with Crippen LogP contribution in [0.15, 0.2) is 22.7 Å². The predicted molar refractivity (Wildman–Crippen MR) is 56.7 cm³/mol. The molecular formula is C11H12BrN. The van der Waals surface area contributed by atoms with Crippen molar-refractivity contribution in [2.45, 2.75) is 30.7 Å². The standard InChI is InChI=1S/C11H12BrN/c12-9-3-1-2-8-7(9)4-5-11(8)6-10(11)13/h1-3,10H,4-6,13H2/t10-,11+/m1/s1. The van der Waals surface area contributed by atoms with Crippen LogP contribution in [-0.4, -0.2) is 6.04 Å². The first-order valence-corrected chi connectivity index (χ1v) is 5.57. The summed E-state index contributed by atoms with van der Waals surface area (Å²) in [6.07, 6.45) is 3.65. The van der Waals surface area contributed by atoms with Crippen molar-refractivity contribution in [1.82, 2.24) is 0 Å². The maximum Gasteiger partial charge on any atom is 0.0210 e. The first-order chi connectivity index (χ1) is 6.24. The molecule has 1 aromatic rings. The molecule has 0 saturated heterocycles. The van der Waals surface area contributed by atoms with Crippen LogP contribution in [0.25, 0.3) is 0 Å². The fourth-order valence-corrected chi connectivity index (χ4v) is 3.26. The molecule has 1 aromatic carbocycles. The van der Waals surface area contributed by atoms with Crippen molar-refractivity contribution in [3.05, 3.63) is 33.8 Å². The number of hydrogen-bond donors (Lipinski definition) is 1. The highest BCUT2D eigenvalue weighted by atomic mass is 79.9.